The molecule has 0 aromatic carbocycles. The van der Waals surface area contributed by atoms with Crippen LogP contribution in [0.1, 0.15) is 30.3 Å². The second-order valence-electron chi connectivity index (χ2n) is 4.06. The Hall–Kier alpha value is -0.450. The highest BCUT2D eigenvalue weighted by atomic mass is 32.1. The van der Waals surface area contributed by atoms with Gasteiger partial charge in [0, 0.05) is 17.5 Å². The van der Waals surface area contributed by atoms with Crippen molar-refractivity contribution in [2.75, 3.05) is 13.6 Å². The molecule has 1 heterocycles. The fourth-order valence-corrected chi connectivity index (χ4v) is 2.33. The maximum absolute atomic E-state index is 5.51. The van der Waals surface area contributed by atoms with Gasteiger partial charge in [-0.3, -0.25) is 4.90 Å². The van der Waals surface area contributed by atoms with Crippen molar-refractivity contribution in [3.8, 4) is 0 Å². The summed E-state index contributed by atoms with van der Waals surface area (Å²) in [6.07, 6.45) is 2.28. The topological polar surface area (TPSA) is 42.2 Å². The molecule has 0 bridgehead atoms. The van der Waals surface area contributed by atoms with E-state index in [1.54, 1.807) is 11.3 Å². The van der Waals surface area contributed by atoms with E-state index in [0.717, 1.165) is 25.2 Å². The third kappa shape index (κ3) is 3.89. The standard InChI is InChI=1S/C11H21N3S/c1-9(5-4-6-12)14(3)7-11-10(2)13-8-15-11/h8-9H,4-7,12H2,1-3H3. The molecule has 0 aliphatic carbocycles. The number of thiazole rings is 1. The fourth-order valence-electron chi connectivity index (χ4n) is 1.49. The monoisotopic (exact) mass is 227 g/mol. The van der Waals surface area contributed by atoms with Crippen LogP contribution in [0.5, 0.6) is 0 Å². The normalized spacial score (nSPS) is 13.4. The minimum absolute atomic E-state index is 0.593. The Balaban J connectivity index is 2.41. The van der Waals surface area contributed by atoms with Crippen LogP contribution in [0.2, 0.25) is 0 Å². The van der Waals surface area contributed by atoms with E-state index in [1.807, 2.05) is 5.51 Å². The summed E-state index contributed by atoms with van der Waals surface area (Å²) in [5.41, 5.74) is 8.60. The van der Waals surface area contributed by atoms with Gasteiger partial charge in [-0.2, -0.15) is 0 Å². The lowest BCUT2D eigenvalue weighted by molar-refractivity contribution is 0.237. The third-order valence-electron chi connectivity index (χ3n) is 2.82. The largest absolute Gasteiger partial charge is 0.330 e. The van der Waals surface area contributed by atoms with Gasteiger partial charge < -0.3 is 5.73 Å². The maximum Gasteiger partial charge on any atom is 0.0798 e. The average Bonchev–Trinajstić information content (AvgIpc) is 2.61. The number of rotatable bonds is 6. The summed E-state index contributed by atoms with van der Waals surface area (Å²) in [5.74, 6) is 0. The van der Waals surface area contributed by atoms with Crippen molar-refractivity contribution in [1.82, 2.24) is 9.88 Å². The molecular weight excluding hydrogens is 206 g/mol. The van der Waals surface area contributed by atoms with E-state index < -0.39 is 0 Å². The predicted molar refractivity (Wildman–Crippen MR) is 66.1 cm³/mol. The van der Waals surface area contributed by atoms with Gasteiger partial charge in [-0.1, -0.05) is 0 Å². The molecule has 15 heavy (non-hydrogen) atoms. The molecule has 1 rings (SSSR count). The van der Waals surface area contributed by atoms with E-state index in [-0.39, 0.29) is 0 Å². The van der Waals surface area contributed by atoms with Gasteiger partial charge in [-0.05, 0) is 40.3 Å². The van der Waals surface area contributed by atoms with Crippen LogP contribution in [0.4, 0.5) is 0 Å². The third-order valence-corrected chi connectivity index (χ3v) is 3.74. The molecule has 0 saturated carbocycles. The van der Waals surface area contributed by atoms with E-state index in [2.05, 4.69) is 30.8 Å². The van der Waals surface area contributed by atoms with E-state index >= 15 is 0 Å². The molecule has 86 valence electrons. The molecule has 0 aliphatic rings. The van der Waals surface area contributed by atoms with Gasteiger partial charge in [0.25, 0.3) is 0 Å². The molecule has 0 amide bonds. The average molecular weight is 227 g/mol. The fraction of sp³-hybridized carbons (Fsp3) is 0.727. The molecule has 1 unspecified atom stereocenters. The van der Waals surface area contributed by atoms with Gasteiger partial charge in [0.15, 0.2) is 0 Å². The van der Waals surface area contributed by atoms with Crippen molar-refractivity contribution in [2.24, 2.45) is 5.73 Å². The van der Waals surface area contributed by atoms with Gasteiger partial charge >= 0.3 is 0 Å². The second-order valence-corrected chi connectivity index (χ2v) is 5.00. The van der Waals surface area contributed by atoms with Gasteiger partial charge in [-0.25, -0.2) is 4.98 Å². The first kappa shape index (κ1) is 12.6. The molecule has 4 heteroatoms. The summed E-state index contributed by atoms with van der Waals surface area (Å²) in [7, 11) is 2.17. The minimum atomic E-state index is 0.593. The molecule has 2 N–H and O–H groups in total. The van der Waals surface area contributed by atoms with Gasteiger partial charge in [0.1, 0.15) is 0 Å². The summed E-state index contributed by atoms with van der Waals surface area (Å²) in [4.78, 5) is 8.01. The molecule has 0 aliphatic heterocycles. The van der Waals surface area contributed by atoms with Crippen LogP contribution in [-0.4, -0.2) is 29.5 Å². The maximum atomic E-state index is 5.51. The lowest BCUT2D eigenvalue weighted by Crippen LogP contribution is -2.29. The number of hydrogen-bond acceptors (Lipinski definition) is 4. The van der Waals surface area contributed by atoms with Gasteiger partial charge in [0.2, 0.25) is 0 Å². The Morgan fingerprint density at radius 3 is 2.87 bits per heavy atom. The highest BCUT2D eigenvalue weighted by Gasteiger charge is 2.11. The quantitative estimate of drug-likeness (QED) is 0.808. The van der Waals surface area contributed by atoms with Crippen molar-refractivity contribution in [3.63, 3.8) is 0 Å². The molecule has 0 radical (unpaired) electrons. The first-order valence-corrected chi connectivity index (χ1v) is 6.32. The Kier molecular flexibility index (Phi) is 5.22. The van der Waals surface area contributed by atoms with Gasteiger partial charge in [-0.15, -0.1) is 11.3 Å². The van der Waals surface area contributed by atoms with Crippen LogP contribution in [0.3, 0.4) is 0 Å². The number of hydrogen-bond donors (Lipinski definition) is 1. The first-order valence-electron chi connectivity index (χ1n) is 5.44. The molecular formula is C11H21N3S. The van der Waals surface area contributed by atoms with Crippen molar-refractivity contribution < 1.29 is 0 Å². The summed E-state index contributed by atoms with van der Waals surface area (Å²) in [6, 6.07) is 0.593. The van der Waals surface area contributed by atoms with Crippen LogP contribution < -0.4 is 5.73 Å². The zero-order valence-corrected chi connectivity index (χ0v) is 10.7. The van der Waals surface area contributed by atoms with Crippen molar-refractivity contribution in [1.29, 1.82) is 0 Å². The number of aromatic nitrogens is 1. The number of aryl methyl sites for hydroxylation is 1. The van der Waals surface area contributed by atoms with Crippen molar-refractivity contribution >= 4 is 11.3 Å². The lowest BCUT2D eigenvalue weighted by atomic mass is 10.1. The Morgan fingerprint density at radius 1 is 1.60 bits per heavy atom. The van der Waals surface area contributed by atoms with Crippen molar-refractivity contribution in [2.45, 2.75) is 39.3 Å². The number of nitrogens with zero attached hydrogens (tertiary/aromatic N) is 2. The van der Waals surface area contributed by atoms with Gasteiger partial charge in [0.05, 0.1) is 11.2 Å². The van der Waals surface area contributed by atoms with Crippen molar-refractivity contribution in [3.05, 3.63) is 16.1 Å². The Labute approximate surface area is 96.3 Å². The van der Waals surface area contributed by atoms with E-state index in [9.17, 15) is 0 Å². The molecule has 0 fully saturated rings. The van der Waals surface area contributed by atoms with E-state index in [4.69, 9.17) is 5.73 Å². The summed E-state index contributed by atoms with van der Waals surface area (Å²) in [6.45, 7) is 6.12. The molecule has 1 aromatic rings. The SMILES string of the molecule is Cc1ncsc1CN(C)C(C)CCCN. The highest BCUT2D eigenvalue weighted by Crippen LogP contribution is 2.16. The smallest absolute Gasteiger partial charge is 0.0798 e. The van der Waals surface area contributed by atoms with Crippen LogP contribution in [0.15, 0.2) is 5.51 Å². The predicted octanol–water partition coefficient (Wildman–Crippen LogP) is 2.01. The summed E-state index contributed by atoms with van der Waals surface area (Å²) >= 11 is 1.74. The molecule has 1 aromatic heterocycles. The first-order chi connectivity index (χ1) is 7.15. The molecule has 1 atom stereocenters. The van der Waals surface area contributed by atoms with Crippen LogP contribution in [0.25, 0.3) is 0 Å². The van der Waals surface area contributed by atoms with Crippen LogP contribution >= 0.6 is 11.3 Å². The molecule has 0 saturated heterocycles. The zero-order chi connectivity index (χ0) is 11.3. The zero-order valence-electron chi connectivity index (χ0n) is 9.86. The van der Waals surface area contributed by atoms with E-state index in [1.165, 1.54) is 11.3 Å². The number of nitrogens with two attached hydrogens (primary N) is 1. The van der Waals surface area contributed by atoms with Crippen LogP contribution in [0, 0.1) is 6.92 Å². The Morgan fingerprint density at radius 2 is 2.33 bits per heavy atom. The highest BCUT2D eigenvalue weighted by molar-refractivity contribution is 7.09. The van der Waals surface area contributed by atoms with Crippen LogP contribution in [-0.2, 0) is 6.54 Å². The minimum Gasteiger partial charge on any atom is -0.330 e. The lowest BCUT2D eigenvalue weighted by Gasteiger charge is -2.24. The summed E-state index contributed by atoms with van der Waals surface area (Å²) < 4.78 is 0. The second kappa shape index (κ2) is 6.20. The van der Waals surface area contributed by atoms with E-state index in [0.29, 0.717) is 6.04 Å². The molecule has 3 nitrogen and oxygen atoms in total. The molecule has 0 spiro atoms. The summed E-state index contributed by atoms with van der Waals surface area (Å²) in [5, 5.41) is 0. The Bertz CT molecular complexity index is 285.